The van der Waals surface area contributed by atoms with Gasteiger partial charge >= 0.3 is 0 Å². The van der Waals surface area contributed by atoms with Crippen LogP contribution < -0.4 is 10.6 Å². The van der Waals surface area contributed by atoms with Gasteiger partial charge in [-0.15, -0.1) is 11.8 Å². The molecular weight excluding hydrogens is 451 g/mol. The molecule has 0 fully saturated rings. The first-order valence-electron chi connectivity index (χ1n) is 6.21. The Bertz CT molecular complexity index is 724. The molecule has 114 valence electrons. The Morgan fingerprint density at radius 3 is 2.68 bits per heavy atom. The number of para-hydroxylation sites is 1. The number of amides is 1. The number of benzene rings is 2. The van der Waals surface area contributed by atoms with E-state index >= 15 is 0 Å². The number of hydrogen-bond donors (Lipinski definition) is 2. The van der Waals surface area contributed by atoms with E-state index in [4.69, 9.17) is 23.8 Å². The molecule has 7 heteroatoms. The topological polar surface area (TPSA) is 41.1 Å². The molecule has 0 aliphatic carbocycles. The minimum atomic E-state index is -0.329. The summed E-state index contributed by atoms with van der Waals surface area (Å²) in [5.41, 5.74) is 1.25. The molecule has 0 aromatic heterocycles. The van der Waals surface area contributed by atoms with Crippen LogP contribution in [0.25, 0.3) is 0 Å². The van der Waals surface area contributed by atoms with E-state index in [0.29, 0.717) is 10.6 Å². The molecule has 22 heavy (non-hydrogen) atoms. The number of thioether (sulfide) groups is 1. The number of carbonyl (C=O) groups excluding carboxylic acids is 1. The zero-order valence-corrected chi connectivity index (χ0v) is 16.1. The lowest BCUT2D eigenvalue weighted by molar-refractivity contribution is 0.0977. The van der Waals surface area contributed by atoms with E-state index in [1.54, 1.807) is 23.9 Å². The third-order valence-electron chi connectivity index (χ3n) is 2.77. The highest BCUT2D eigenvalue weighted by Crippen LogP contribution is 2.23. The smallest absolute Gasteiger partial charge is 0.258 e. The molecule has 0 spiro atoms. The van der Waals surface area contributed by atoms with Crippen molar-refractivity contribution in [1.29, 1.82) is 0 Å². The number of hydrogen-bond acceptors (Lipinski definition) is 3. The lowest BCUT2D eigenvalue weighted by Gasteiger charge is -2.12. The summed E-state index contributed by atoms with van der Waals surface area (Å²) in [6.07, 6.45) is 1.94. The minimum Gasteiger partial charge on any atom is -0.332 e. The summed E-state index contributed by atoms with van der Waals surface area (Å²) in [7, 11) is 0. The van der Waals surface area contributed by atoms with Gasteiger partial charge in [-0.1, -0.05) is 23.7 Å². The number of carbonyl (C=O) groups is 1. The van der Waals surface area contributed by atoms with Crippen LogP contribution in [-0.2, 0) is 0 Å². The Kier molecular flexibility index (Phi) is 6.49. The first kappa shape index (κ1) is 17.5. The van der Waals surface area contributed by atoms with Crippen molar-refractivity contribution in [2.75, 3.05) is 11.6 Å². The number of anilines is 1. The van der Waals surface area contributed by atoms with Gasteiger partial charge in [0.1, 0.15) is 0 Å². The summed E-state index contributed by atoms with van der Waals surface area (Å²) in [5.74, 6) is -0.329. The second kappa shape index (κ2) is 8.14. The molecule has 2 rings (SSSR count). The molecule has 0 radical (unpaired) electrons. The van der Waals surface area contributed by atoms with Gasteiger partial charge in [-0.05, 0) is 71.4 Å². The molecule has 0 atom stereocenters. The van der Waals surface area contributed by atoms with Gasteiger partial charge in [0.25, 0.3) is 5.91 Å². The van der Waals surface area contributed by atoms with Crippen LogP contribution in [0.1, 0.15) is 10.4 Å². The van der Waals surface area contributed by atoms with Crippen LogP contribution in [0.4, 0.5) is 5.69 Å². The Morgan fingerprint density at radius 2 is 2.00 bits per heavy atom. The van der Waals surface area contributed by atoms with Crippen LogP contribution in [0.5, 0.6) is 0 Å². The molecule has 1 amide bonds. The average Bonchev–Trinajstić information content (AvgIpc) is 2.50. The van der Waals surface area contributed by atoms with E-state index in [1.165, 1.54) is 0 Å². The average molecular weight is 463 g/mol. The first-order chi connectivity index (χ1) is 10.5. The van der Waals surface area contributed by atoms with Crippen molar-refractivity contribution < 1.29 is 4.79 Å². The van der Waals surface area contributed by atoms with Gasteiger partial charge in [-0.2, -0.15) is 0 Å². The second-order valence-electron chi connectivity index (χ2n) is 4.23. The predicted molar refractivity (Wildman–Crippen MR) is 106 cm³/mol. The number of halogens is 2. The van der Waals surface area contributed by atoms with Gasteiger partial charge in [0.2, 0.25) is 0 Å². The van der Waals surface area contributed by atoms with Crippen molar-refractivity contribution in [2.45, 2.75) is 4.90 Å². The molecule has 0 unspecified atom stereocenters. The summed E-state index contributed by atoms with van der Waals surface area (Å²) in [6, 6.07) is 13.0. The maximum absolute atomic E-state index is 12.3. The maximum Gasteiger partial charge on any atom is 0.258 e. The minimum absolute atomic E-state index is 0.236. The van der Waals surface area contributed by atoms with Gasteiger partial charge in [-0.25, -0.2) is 0 Å². The lowest BCUT2D eigenvalue weighted by Crippen LogP contribution is -2.34. The highest BCUT2D eigenvalue weighted by Gasteiger charge is 2.13. The van der Waals surface area contributed by atoms with Crippen LogP contribution in [0.2, 0.25) is 5.02 Å². The van der Waals surface area contributed by atoms with Crippen LogP contribution >= 0.6 is 58.2 Å². The molecule has 0 saturated heterocycles. The normalized spacial score (nSPS) is 10.1. The van der Waals surface area contributed by atoms with Gasteiger partial charge in [-0.3, -0.25) is 10.1 Å². The van der Waals surface area contributed by atoms with Crippen molar-refractivity contribution in [1.82, 2.24) is 5.32 Å². The monoisotopic (exact) mass is 462 g/mol. The largest absolute Gasteiger partial charge is 0.332 e. The fourth-order valence-corrected chi connectivity index (χ4v) is 3.06. The molecule has 0 bridgehead atoms. The van der Waals surface area contributed by atoms with E-state index in [2.05, 4.69) is 33.2 Å². The highest BCUT2D eigenvalue weighted by molar-refractivity contribution is 14.1. The SMILES string of the molecule is CSc1ccc(Cl)c(C(=O)NC(=S)Nc2ccccc2I)c1. The van der Waals surface area contributed by atoms with E-state index in [1.807, 2.05) is 36.6 Å². The fourth-order valence-electron chi connectivity index (χ4n) is 1.69. The molecule has 3 nitrogen and oxygen atoms in total. The Balaban J connectivity index is 2.09. The molecule has 0 aliphatic rings. The summed E-state index contributed by atoms with van der Waals surface area (Å²) in [5, 5.41) is 6.28. The van der Waals surface area contributed by atoms with Crippen LogP contribution in [0, 0.1) is 3.57 Å². The van der Waals surface area contributed by atoms with Crippen LogP contribution in [0.15, 0.2) is 47.4 Å². The maximum atomic E-state index is 12.3. The number of nitrogens with one attached hydrogen (secondary N) is 2. The van der Waals surface area contributed by atoms with Gasteiger partial charge in [0.05, 0.1) is 16.3 Å². The third-order valence-corrected chi connectivity index (χ3v) is 4.97. The molecule has 2 aromatic rings. The first-order valence-corrected chi connectivity index (χ1v) is 9.30. The quantitative estimate of drug-likeness (QED) is 0.391. The van der Waals surface area contributed by atoms with Gasteiger partial charge < -0.3 is 5.32 Å². The Morgan fingerprint density at radius 1 is 1.27 bits per heavy atom. The predicted octanol–water partition coefficient (Wildman–Crippen LogP) is 4.79. The van der Waals surface area contributed by atoms with E-state index < -0.39 is 0 Å². The Hall–Kier alpha value is -0.830. The zero-order chi connectivity index (χ0) is 16.1. The molecule has 0 heterocycles. The van der Waals surface area contributed by atoms with Crippen LogP contribution in [-0.4, -0.2) is 17.3 Å². The summed E-state index contributed by atoms with van der Waals surface area (Å²) < 4.78 is 1.01. The molecule has 0 saturated carbocycles. The fraction of sp³-hybridized carbons (Fsp3) is 0.0667. The van der Waals surface area contributed by atoms with Gasteiger partial charge in [0, 0.05) is 8.47 Å². The van der Waals surface area contributed by atoms with Crippen LogP contribution in [0.3, 0.4) is 0 Å². The van der Waals surface area contributed by atoms with Crippen molar-refractivity contribution >= 4 is 74.9 Å². The van der Waals surface area contributed by atoms with Crippen molar-refractivity contribution in [3.8, 4) is 0 Å². The van der Waals surface area contributed by atoms with Crippen molar-refractivity contribution in [2.24, 2.45) is 0 Å². The molecule has 0 aliphatic heterocycles. The summed E-state index contributed by atoms with van der Waals surface area (Å²) >= 11 is 15.0. The zero-order valence-electron chi connectivity index (χ0n) is 11.5. The third kappa shape index (κ3) is 4.58. The van der Waals surface area contributed by atoms with Crippen molar-refractivity contribution in [3.05, 3.63) is 56.6 Å². The summed E-state index contributed by atoms with van der Waals surface area (Å²) in [4.78, 5) is 13.2. The lowest BCUT2D eigenvalue weighted by atomic mass is 10.2. The highest BCUT2D eigenvalue weighted by atomic mass is 127. The standard InChI is InChI=1S/C15H12ClIN2OS2/c1-22-9-6-7-11(16)10(8-9)14(20)19-15(21)18-13-5-3-2-4-12(13)17/h2-8H,1H3,(H2,18,19,20,21). The second-order valence-corrected chi connectivity index (χ2v) is 7.09. The molecule has 2 N–H and O–H groups in total. The van der Waals surface area contributed by atoms with E-state index in [9.17, 15) is 4.79 Å². The van der Waals surface area contributed by atoms with E-state index in [-0.39, 0.29) is 11.0 Å². The summed E-state index contributed by atoms with van der Waals surface area (Å²) in [6.45, 7) is 0. The molecule has 2 aromatic carbocycles. The van der Waals surface area contributed by atoms with E-state index in [0.717, 1.165) is 14.2 Å². The molecular formula is C15H12ClIN2OS2. The van der Waals surface area contributed by atoms with Crippen molar-refractivity contribution in [3.63, 3.8) is 0 Å². The number of thiocarbonyl (C=S) groups is 1. The Labute approximate surface area is 157 Å². The van der Waals surface area contributed by atoms with Gasteiger partial charge in [0.15, 0.2) is 5.11 Å². The number of rotatable bonds is 3.